The topological polar surface area (TPSA) is 40.0 Å². The first-order valence-corrected chi connectivity index (χ1v) is 7.32. The highest BCUT2D eigenvalue weighted by Crippen LogP contribution is 2.11. The Hall–Kier alpha value is -0.910. The van der Waals surface area contributed by atoms with Crippen LogP contribution in [0.2, 0.25) is 0 Å². The average molecular weight is 329 g/mol. The van der Waals surface area contributed by atoms with Gasteiger partial charge in [0.25, 0.3) is 0 Å². The normalized spacial score (nSPS) is 18.0. The number of quaternary nitrogens is 1. The van der Waals surface area contributed by atoms with Crippen molar-refractivity contribution in [3.63, 3.8) is 0 Å². The van der Waals surface area contributed by atoms with Crippen LogP contribution in [0.4, 0.5) is 0 Å². The lowest BCUT2D eigenvalue weighted by atomic mass is 10.2. The maximum atomic E-state index is 11.9. The standard InChI is InChI=1S/C14H18BrNO3/c1-11(10-16-6-8-18-9-7-16)19-14(17)12-2-4-13(15)5-3-12/h2-5,11H,6-10H2,1H3/p+1/t11-/m0/s1. The Morgan fingerprint density at radius 1 is 1.37 bits per heavy atom. The molecule has 1 heterocycles. The molecule has 1 saturated heterocycles. The smallest absolute Gasteiger partial charge is 0.338 e. The van der Waals surface area contributed by atoms with Gasteiger partial charge in [-0.2, -0.15) is 0 Å². The predicted molar refractivity (Wildman–Crippen MR) is 75.4 cm³/mol. The van der Waals surface area contributed by atoms with E-state index in [1.807, 2.05) is 19.1 Å². The Bertz CT molecular complexity index is 415. The average Bonchev–Trinajstić information content (AvgIpc) is 2.40. The molecule has 4 nitrogen and oxygen atoms in total. The van der Waals surface area contributed by atoms with Crippen molar-refractivity contribution in [1.29, 1.82) is 0 Å². The molecule has 5 heteroatoms. The number of hydrogen-bond acceptors (Lipinski definition) is 3. The number of halogens is 1. The van der Waals surface area contributed by atoms with Crippen LogP contribution in [-0.4, -0.2) is 44.9 Å². The molecule has 0 saturated carbocycles. The molecule has 0 amide bonds. The third-order valence-corrected chi connectivity index (χ3v) is 3.69. The van der Waals surface area contributed by atoms with Crippen LogP contribution in [0.15, 0.2) is 28.7 Å². The molecule has 0 unspecified atom stereocenters. The minimum Gasteiger partial charge on any atom is -0.453 e. The molecule has 1 aliphatic rings. The molecule has 0 spiro atoms. The third-order valence-electron chi connectivity index (χ3n) is 3.16. The fraction of sp³-hybridized carbons (Fsp3) is 0.500. The van der Waals surface area contributed by atoms with Gasteiger partial charge in [0.2, 0.25) is 0 Å². The molecule has 1 atom stereocenters. The highest BCUT2D eigenvalue weighted by Gasteiger charge is 2.20. The van der Waals surface area contributed by atoms with Crippen LogP contribution in [0.3, 0.4) is 0 Å². The Morgan fingerprint density at radius 2 is 2.00 bits per heavy atom. The van der Waals surface area contributed by atoms with Crippen LogP contribution < -0.4 is 4.90 Å². The van der Waals surface area contributed by atoms with Gasteiger partial charge >= 0.3 is 5.97 Å². The number of benzene rings is 1. The zero-order valence-corrected chi connectivity index (χ0v) is 12.6. The molecule has 1 aliphatic heterocycles. The molecular weight excluding hydrogens is 310 g/mol. The summed E-state index contributed by atoms with van der Waals surface area (Å²) >= 11 is 3.34. The van der Waals surface area contributed by atoms with Crippen LogP contribution >= 0.6 is 15.9 Å². The molecule has 19 heavy (non-hydrogen) atoms. The largest absolute Gasteiger partial charge is 0.453 e. The lowest BCUT2D eigenvalue weighted by Gasteiger charge is -2.26. The molecule has 1 aromatic carbocycles. The summed E-state index contributed by atoms with van der Waals surface area (Å²) in [5.41, 5.74) is 0.590. The SMILES string of the molecule is C[C@@H](C[NH+]1CCOCC1)OC(=O)c1ccc(Br)cc1. The van der Waals surface area contributed by atoms with Crippen molar-refractivity contribution in [3.8, 4) is 0 Å². The zero-order valence-electron chi connectivity index (χ0n) is 11.0. The van der Waals surface area contributed by atoms with Crippen molar-refractivity contribution in [2.24, 2.45) is 0 Å². The van der Waals surface area contributed by atoms with Gasteiger partial charge in [0, 0.05) is 4.47 Å². The fourth-order valence-electron chi connectivity index (χ4n) is 2.15. The number of carbonyl (C=O) groups excluding carboxylic acids is 1. The first-order chi connectivity index (χ1) is 9.15. The van der Waals surface area contributed by atoms with Gasteiger partial charge in [-0.1, -0.05) is 15.9 Å². The number of esters is 1. The highest BCUT2D eigenvalue weighted by molar-refractivity contribution is 9.10. The van der Waals surface area contributed by atoms with Crippen molar-refractivity contribution in [2.45, 2.75) is 13.0 Å². The molecular formula is C14H19BrNO3+. The molecule has 0 aliphatic carbocycles. The van der Waals surface area contributed by atoms with Gasteiger partial charge in [0.05, 0.1) is 18.8 Å². The van der Waals surface area contributed by atoms with Gasteiger partial charge in [0.1, 0.15) is 25.7 Å². The molecule has 1 N–H and O–H groups in total. The van der Waals surface area contributed by atoms with E-state index in [2.05, 4.69) is 15.9 Å². The van der Waals surface area contributed by atoms with Gasteiger partial charge in [-0.15, -0.1) is 0 Å². The molecule has 2 rings (SSSR count). The Labute approximate surface area is 121 Å². The maximum absolute atomic E-state index is 11.9. The summed E-state index contributed by atoms with van der Waals surface area (Å²) in [7, 11) is 0. The summed E-state index contributed by atoms with van der Waals surface area (Å²) in [6, 6.07) is 7.21. The van der Waals surface area contributed by atoms with E-state index in [1.165, 1.54) is 4.90 Å². The zero-order chi connectivity index (χ0) is 13.7. The summed E-state index contributed by atoms with van der Waals surface area (Å²) < 4.78 is 11.7. The van der Waals surface area contributed by atoms with E-state index in [-0.39, 0.29) is 12.1 Å². The first-order valence-electron chi connectivity index (χ1n) is 6.53. The Balaban J connectivity index is 1.82. The summed E-state index contributed by atoms with van der Waals surface area (Å²) in [6.45, 7) is 6.34. The van der Waals surface area contributed by atoms with Crippen LogP contribution in [0.1, 0.15) is 17.3 Å². The van der Waals surface area contributed by atoms with Crippen LogP contribution in [0, 0.1) is 0 Å². The van der Waals surface area contributed by atoms with Crippen molar-refractivity contribution < 1.29 is 19.2 Å². The van der Waals surface area contributed by atoms with Crippen molar-refractivity contribution in [3.05, 3.63) is 34.3 Å². The lowest BCUT2D eigenvalue weighted by molar-refractivity contribution is -0.910. The minimum absolute atomic E-state index is 0.0794. The molecule has 0 radical (unpaired) electrons. The number of rotatable bonds is 4. The van der Waals surface area contributed by atoms with E-state index < -0.39 is 0 Å². The van der Waals surface area contributed by atoms with Crippen molar-refractivity contribution in [1.82, 2.24) is 0 Å². The Morgan fingerprint density at radius 3 is 2.63 bits per heavy atom. The molecule has 1 fully saturated rings. The van der Waals surface area contributed by atoms with E-state index in [1.54, 1.807) is 12.1 Å². The third kappa shape index (κ3) is 4.60. The second-order valence-corrected chi connectivity index (χ2v) is 5.70. The van der Waals surface area contributed by atoms with Crippen LogP contribution in [0.25, 0.3) is 0 Å². The van der Waals surface area contributed by atoms with Crippen molar-refractivity contribution in [2.75, 3.05) is 32.8 Å². The predicted octanol–water partition coefficient (Wildman–Crippen LogP) is 0.909. The first kappa shape index (κ1) is 14.5. The number of nitrogens with one attached hydrogen (secondary N) is 1. The monoisotopic (exact) mass is 328 g/mol. The van der Waals surface area contributed by atoms with Crippen molar-refractivity contribution >= 4 is 21.9 Å². The van der Waals surface area contributed by atoms with E-state index in [0.717, 1.165) is 37.3 Å². The maximum Gasteiger partial charge on any atom is 0.338 e. The minimum atomic E-state index is -0.257. The number of hydrogen-bond donors (Lipinski definition) is 1. The molecule has 1 aromatic rings. The number of carbonyl (C=O) groups is 1. The summed E-state index contributed by atoms with van der Waals surface area (Å²) in [6.07, 6.45) is -0.0794. The second-order valence-electron chi connectivity index (χ2n) is 4.79. The van der Waals surface area contributed by atoms with Gasteiger partial charge in [-0.3, -0.25) is 0 Å². The molecule has 104 valence electrons. The van der Waals surface area contributed by atoms with Crippen LogP contribution in [-0.2, 0) is 9.47 Å². The van der Waals surface area contributed by atoms with Gasteiger partial charge in [-0.05, 0) is 31.2 Å². The second kappa shape index (κ2) is 7.03. The molecule has 0 aromatic heterocycles. The molecule has 0 bridgehead atoms. The Kier molecular flexibility index (Phi) is 5.36. The van der Waals surface area contributed by atoms with E-state index >= 15 is 0 Å². The van der Waals surface area contributed by atoms with Gasteiger partial charge in [0.15, 0.2) is 0 Å². The van der Waals surface area contributed by atoms with Gasteiger partial charge < -0.3 is 14.4 Å². The fourth-order valence-corrected chi connectivity index (χ4v) is 2.41. The summed E-state index contributed by atoms with van der Waals surface area (Å²) in [5.74, 6) is -0.257. The van der Waals surface area contributed by atoms with Gasteiger partial charge in [-0.25, -0.2) is 4.79 Å². The lowest BCUT2D eigenvalue weighted by Crippen LogP contribution is -3.15. The number of morpholine rings is 1. The van der Waals surface area contributed by atoms with E-state index in [4.69, 9.17) is 9.47 Å². The van der Waals surface area contributed by atoms with E-state index in [9.17, 15) is 4.79 Å². The van der Waals surface area contributed by atoms with Crippen LogP contribution in [0.5, 0.6) is 0 Å². The highest BCUT2D eigenvalue weighted by atomic mass is 79.9. The summed E-state index contributed by atoms with van der Waals surface area (Å²) in [5, 5.41) is 0. The van der Waals surface area contributed by atoms with E-state index in [0.29, 0.717) is 5.56 Å². The number of ether oxygens (including phenoxy) is 2. The quantitative estimate of drug-likeness (QED) is 0.835. The summed E-state index contributed by atoms with van der Waals surface area (Å²) in [4.78, 5) is 13.4.